The Morgan fingerprint density at radius 3 is 2.95 bits per heavy atom. The number of halogens is 1. The molecule has 0 bridgehead atoms. The zero-order chi connectivity index (χ0) is 14.0. The van der Waals surface area contributed by atoms with Crippen LogP contribution in [0.25, 0.3) is 0 Å². The highest BCUT2D eigenvalue weighted by Gasteiger charge is 2.40. The largest absolute Gasteiger partial charge is 0.351 e. The van der Waals surface area contributed by atoms with Crippen molar-refractivity contribution >= 4 is 5.91 Å². The number of nitrogens with one attached hydrogen (secondary N) is 1. The van der Waals surface area contributed by atoms with Crippen molar-refractivity contribution < 1.29 is 9.18 Å². The fourth-order valence-electron chi connectivity index (χ4n) is 2.25. The molecule has 1 aliphatic rings. The van der Waals surface area contributed by atoms with E-state index < -0.39 is 6.04 Å². The molecule has 1 fully saturated rings. The maximum absolute atomic E-state index is 13.1. The van der Waals surface area contributed by atoms with Crippen LogP contribution in [0.5, 0.6) is 0 Å². The summed E-state index contributed by atoms with van der Waals surface area (Å²) in [6, 6.07) is 6.20. The third-order valence-corrected chi connectivity index (χ3v) is 3.95. The van der Waals surface area contributed by atoms with Crippen LogP contribution in [-0.2, 0) is 4.79 Å². The Morgan fingerprint density at radius 2 is 2.32 bits per heavy atom. The van der Waals surface area contributed by atoms with E-state index in [0.29, 0.717) is 0 Å². The van der Waals surface area contributed by atoms with Crippen LogP contribution in [0.1, 0.15) is 38.2 Å². The summed E-state index contributed by atoms with van der Waals surface area (Å²) in [6.07, 6.45) is 1.75. The molecule has 0 aliphatic heterocycles. The van der Waals surface area contributed by atoms with Gasteiger partial charge in [-0.1, -0.05) is 32.4 Å². The second-order valence-electron chi connectivity index (χ2n) is 5.42. The fourth-order valence-corrected chi connectivity index (χ4v) is 2.25. The Balaban J connectivity index is 1.89. The van der Waals surface area contributed by atoms with E-state index in [-0.39, 0.29) is 29.6 Å². The van der Waals surface area contributed by atoms with Crippen molar-refractivity contribution in [3.63, 3.8) is 0 Å². The van der Waals surface area contributed by atoms with Gasteiger partial charge in [0.2, 0.25) is 5.91 Å². The van der Waals surface area contributed by atoms with Crippen LogP contribution in [-0.4, -0.2) is 18.0 Å². The summed E-state index contributed by atoms with van der Waals surface area (Å²) in [6.45, 7) is 3.99. The van der Waals surface area contributed by atoms with Crippen LogP contribution in [0.2, 0.25) is 0 Å². The summed E-state index contributed by atoms with van der Waals surface area (Å²) in [5, 5.41) is 2.95. The van der Waals surface area contributed by atoms with Crippen LogP contribution in [0.4, 0.5) is 4.39 Å². The maximum Gasteiger partial charge on any atom is 0.237 e. The second kappa shape index (κ2) is 5.70. The molecular formula is C15H21FN2O. The van der Waals surface area contributed by atoms with Gasteiger partial charge in [-0.3, -0.25) is 4.79 Å². The minimum Gasteiger partial charge on any atom is -0.351 e. The number of rotatable bonds is 5. The van der Waals surface area contributed by atoms with E-state index in [1.165, 1.54) is 12.1 Å². The lowest BCUT2D eigenvalue weighted by molar-refractivity contribution is -0.123. The molecule has 4 heteroatoms. The Kier molecular flexibility index (Phi) is 4.20. The summed E-state index contributed by atoms with van der Waals surface area (Å²) < 4.78 is 13.1. The molecule has 4 atom stereocenters. The van der Waals surface area contributed by atoms with E-state index in [1.807, 2.05) is 19.9 Å². The monoisotopic (exact) mass is 264 g/mol. The number of hydrogen-bond acceptors (Lipinski definition) is 2. The van der Waals surface area contributed by atoms with E-state index in [0.717, 1.165) is 18.4 Å². The Hall–Kier alpha value is -1.42. The molecule has 3 N–H and O–H groups in total. The number of carbonyl (C=O) groups is 1. The lowest BCUT2D eigenvalue weighted by Crippen LogP contribution is -2.45. The number of hydrogen-bond donors (Lipinski definition) is 2. The summed E-state index contributed by atoms with van der Waals surface area (Å²) in [7, 11) is 0. The number of carbonyl (C=O) groups excluding carboxylic acids is 1. The first-order valence-electron chi connectivity index (χ1n) is 6.84. The van der Waals surface area contributed by atoms with E-state index in [2.05, 4.69) is 5.32 Å². The summed E-state index contributed by atoms with van der Waals surface area (Å²) >= 11 is 0. The molecular weight excluding hydrogens is 243 g/mol. The number of benzene rings is 1. The van der Waals surface area contributed by atoms with Gasteiger partial charge in [0.05, 0.1) is 6.04 Å². The molecule has 1 aliphatic carbocycles. The van der Waals surface area contributed by atoms with E-state index in [4.69, 9.17) is 5.73 Å². The van der Waals surface area contributed by atoms with Crippen LogP contribution in [0, 0.1) is 11.7 Å². The average Bonchev–Trinajstić information content (AvgIpc) is 3.16. The normalized spacial score (nSPS) is 24.6. The molecule has 0 saturated heterocycles. The summed E-state index contributed by atoms with van der Waals surface area (Å²) in [5.74, 6) is 0.0687. The fraction of sp³-hybridized carbons (Fsp3) is 0.533. The molecule has 0 heterocycles. The Bertz CT molecular complexity index is 463. The van der Waals surface area contributed by atoms with Crippen molar-refractivity contribution in [2.24, 2.45) is 11.7 Å². The van der Waals surface area contributed by atoms with Crippen LogP contribution in [0.3, 0.4) is 0 Å². The average molecular weight is 264 g/mol. The third-order valence-electron chi connectivity index (χ3n) is 3.95. The van der Waals surface area contributed by atoms with Gasteiger partial charge in [0.15, 0.2) is 0 Å². The molecule has 0 radical (unpaired) electrons. The zero-order valence-electron chi connectivity index (χ0n) is 11.4. The first-order valence-corrected chi connectivity index (χ1v) is 6.84. The zero-order valence-corrected chi connectivity index (χ0v) is 11.4. The van der Waals surface area contributed by atoms with Crippen LogP contribution in [0.15, 0.2) is 24.3 Å². The van der Waals surface area contributed by atoms with Gasteiger partial charge in [-0.15, -0.1) is 0 Å². The highest BCUT2D eigenvalue weighted by Crippen LogP contribution is 2.40. The summed E-state index contributed by atoms with van der Waals surface area (Å²) in [5.41, 5.74) is 6.83. The predicted octanol–water partition coefficient (Wildman–Crippen LogP) is 2.17. The van der Waals surface area contributed by atoms with Crippen molar-refractivity contribution in [2.45, 2.75) is 44.7 Å². The minimum absolute atomic E-state index is 0.0988. The predicted molar refractivity (Wildman–Crippen MR) is 73.1 cm³/mol. The lowest BCUT2D eigenvalue weighted by atomic mass is 9.99. The van der Waals surface area contributed by atoms with Gasteiger partial charge < -0.3 is 11.1 Å². The molecule has 1 amide bonds. The van der Waals surface area contributed by atoms with Crippen molar-refractivity contribution in [2.75, 3.05) is 0 Å². The van der Waals surface area contributed by atoms with Crippen LogP contribution < -0.4 is 11.1 Å². The first-order chi connectivity index (χ1) is 9.02. The molecule has 104 valence electrons. The van der Waals surface area contributed by atoms with Gasteiger partial charge in [0.25, 0.3) is 0 Å². The Morgan fingerprint density at radius 1 is 1.58 bits per heavy atom. The standard InChI is InChI=1S/C15H21FN2O/c1-3-9(2)14(17)15(19)18-13-8-12(13)10-5-4-6-11(16)7-10/h4-7,9,12-14H,3,8,17H2,1-2H3,(H,18,19). The van der Waals surface area contributed by atoms with Gasteiger partial charge in [0, 0.05) is 12.0 Å². The molecule has 1 aromatic rings. The van der Waals surface area contributed by atoms with Gasteiger partial charge in [-0.25, -0.2) is 4.39 Å². The lowest BCUT2D eigenvalue weighted by Gasteiger charge is -2.17. The van der Waals surface area contributed by atoms with Gasteiger partial charge in [0.1, 0.15) is 5.82 Å². The molecule has 19 heavy (non-hydrogen) atoms. The molecule has 1 aromatic carbocycles. The minimum atomic E-state index is -0.459. The molecule has 1 saturated carbocycles. The SMILES string of the molecule is CCC(C)C(N)C(=O)NC1CC1c1cccc(F)c1. The van der Waals surface area contributed by atoms with Gasteiger partial charge in [-0.05, 0) is 30.0 Å². The number of nitrogens with two attached hydrogens (primary N) is 1. The molecule has 2 rings (SSSR count). The van der Waals surface area contributed by atoms with Crippen molar-refractivity contribution in [3.8, 4) is 0 Å². The van der Waals surface area contributed by atoms with E-state index in [9.17, 15) is 9.18 Å². The smallest absolute Gasteiger partial charge is 0.237 e. The first kappa shape index (κ1) is 14.0. The number of amides is 1. The van der Waals surface area contributed by atoms with Crippen molar-refractivity contribution in [3.05, 3.63) is 35.6 Å². The second-order valence-corrected chi connectivity index (χ2v) is 5.42. The molecule has 3 nitrogen and oxygen atoms in total. The topological polar surface area (TPSA) is 55.1 Å². The van der Waals surface area contributed by atoms with Crippen molar-refractivity contribution in [1.82, 2.24) is 5.32 Å². The van der Waals surface area contributed by atoms with Crippen molar-refractivity contribution in [1.29, 1.82) is 0 Å². The van der Waals surface area contributed by atoms with Gasteiger partial charge in [-0.2, -0.15) is 0 Å². The third kappa shape index (κ3) is 3.32. The van der Waals surface area contributed by atoms with Crippen LogP contribution >= 0.6 is 0 Å². The Labute approximate surface area is 113 Å². The highest BCUT2D eigenvalue weighted by atomic mass is 19.1. The van der Waals surface area contributed by atoms with E-state index in [1.54, 1.807) is 6.07 Å². The highest BCUT2D eigenvalue weighted by molar-refractivity contribution is 5.82. The molecule has 4 unspecified atom stereocenters. The summed E-state index contributed by atoms with van der Waals surface area (Å²) in [4.78, 5) is 11.9. The molecule has 0 spiro atoms. The molecule has 0 aromatic heterocycles. The van der Waals surface area contributed by atoms with Gasteiger partial charge >= 0.3 is 0 Å². The van der Waals surface area contributed by atoms with E-state index >= 15 is 0 Å². The maximum atomic E-state index is 13.1. The quantitative estimate of drug-likeness (QED) is 0.856.